The largest absolute Gasteiger partial charge is 0.379 e. The third-order valence-corrected chi connectivity index (χ3v) is 4.93. The Balaban J connectivity index is 1.51. The fourth-order valence-corrected chi connectivity index (χ4v) is 3.76. The van der Waals surface area contributed by atoms with Gasteiger partial charge in [0.2, 0.25) is 5.91 Å². The van der Waals surface area contributed by atoms with Crippen LogP contribution in [0.5, 0.6) is 0 Å². The summed E-state index contributed by atoms with van der Waals surface area (Å²) in [4.78, 5) is 30.5. The molecule has 0 fully saturated rings. The van der Waals surface area contributed by atoms with E-state index >= 15 is 0 Å². The summed E-state index contributed by atoms with van der Waals surface area (Å²) in [6.07, 6.45) is 1.10. The molecule has 0 saturated heterocycles. The van der Waals surface area contributed by atoms with Crippen LogP contribution in [0.25, 0.3) is 0 Å². The van der Waals surface area contributed by atoms with Crippen molar-refractivity contribution in [1.29, 1.82) is 0 Å². The predicted octanol–water partition coefficient (Wildman–Crippen LogP) is 2.48. The van der Waals surface area contributed by atoms with Crippen molar-refractivity contribution in [3.63, 3.8) is 0 Å². The number of anilines is 2. The summed E-state index contributed by atoms with van der Waals surface area (Å²) in [6, 6.07) is 6.38. The number of carbonyl (C=O) groups is 1. The lowest BCUT2D eigenvalue weighted by atomic mass is 10.2. The number of hydrogen-bond acceptors (Lipinski definition) is 7. The van der Waals surface area contributed by atoms with Crippen molar-refractivity contribution in [2.75, 3.05) is 30.8 Å². The van der Waals surface area contributed by atoms with Gasteiger partial charge in [-0.1, -0.05) is 12.1 Å². The van der Waals surface area contributed by atoms with Gasteiger partial charge in [0.25, 0.3) is 5.69 Å². The van der Waals surface area contributed by atoms with Gasteiger partial charge in [-0.25, -0.2) is 4.98 Å². The van der Waals surface area contributed by atoms with Crippen LogP contribution in [-0.2, 0) is 17.8 Å². The molecule has 0 bridgehead atoms. The summed E-state index contributed by atoms with van der Waals surface area (Å²) in [5.74, 6) is -0.162. The van der Waals surface area contributed by atoms with Crippen LogP contribution in [0.4, 0.5) is 16.5 Å². The molecule has 3 rings (SSSR count). The van der Waals surface area contributed by atoms with Crippen molar-refractivity contribution in [1.82, 2.24) is 9.88 Å². The molecule has 1 aliphatic heterocycles. The van der Waals surface area contributed by atoms with E-state index in [1.54, 1.807) is 18.2 Å². The number of para-hydroxylation sites is 2. The first-order valence-corrected chi connectivity index (χ1v) is 8.79. The number of rotatable bonds is 6. The van der Waals surface area contributed by atoms with Crippen molar-refractivity contribution >= 4 is 33.8 Å². The highest BCUT2D eigenvalue weighted by molar-refractivity contribution is 7.15. The van der Waals surface area contributed by atoms with Crippen LogP contribution in [0.2, 0.25) is 0 Å². The van der Waals surface area contributed by atoms with Gasteiger partial charge in [-0.2, -0.15) is 0 Å². The van der Waals surface area contributed by atoms with Crippen molar-refractivity contribution in [3.05, 3.63) is 45.0 Å². The molecule has 1 amide bonds. The normalized spacial score (nSPS) is 14.0. The Bertz CT molecular complexity index is 792. The van der Waals surface area contributed by atoms with Gasteiger partial charge in [-0.05, 0) is 13.1 Å². The molecular weight excluding hydrogens is 342 g/mol. The molecule has 25 heavy (non-hydrogen) atoms. The molecule has 8 nitrogen and oxygen atoms in total. The molecule has 0 aliphatic carbocycles. The van der Waals surface area contributed by atoms with Crippen LogP contribution >= 0.6 is 11.3 Å². The van der Waals surface area contributed by atoms with Gasteiger partial charge in [0.15, 0.2) is 5.13 Å². The predicted molar refractivity (Wildman–Crippen MR) is 97.0 cm³/mol. The number of thiazole rings is 1. The number of nitro groups is 1. The van der Waals surface area contributed by atoms with Gasteiger partial charge in [0.1, 0.15) is 5.69 Å². The van der Waals surface area contributed by atoms with Crippen molar-refractivity contribution in [2.24, 2.45) is 0 Å². The molecule has 2 N–H and O–H groups in total. The molecule has 1 aromatic heterocycles. The van der Waals surface area contributed by atoms with Gasteiger partial charge in [0.05, 0.1) is 10.6 Å². The average molecular weight is 361 g/mol. The van der Waals surface area contributed by atoms with Gasteiger partial charge >= 0.3 is 0 Å². The summed E-state index contributed by atoms with van der Waals surface area (Å²) in [5, 5.41) is 17.3. The smallest absolute Gasteiger partial charge is 0.292 e. The zero-order valence-electron chi connectivity index (χ0n) is 13.8. The number of nitro benzene ring substituents is 1. The Morgan fingerprint density at radius 3 is 3.04 bits per heavy atom. The number of aromatic nitrogens is 1. The van der Waals surface area contributed by atoms with Crippen molar-refractivity contribution < 1.29 is 9.72 Å². The molecule has 0 atom stereocenters. The molecule has 0 unspecified atom stereocenters. The maximum Gasteiger partial charge on any atom is 0.292 e. The van der Waals surface area contributed by atoms with E-state index in [1.807, 2.05) is 0 Å². The molecule has 2 heterocycles. The van der Waals surface area contributed by atoms with Crippen LogP contribution in [0.3, 0.4) is 0 Å². The highest BCUT2D eigenvalue weighted by atomic mass is 32.1. The van der Waals surface area contributed by atoms with Crippen molar-refractivity contribution in [2.45, 2.75) is 19.4 Å². The number of hydrogen-bond donors (Lipinski definition) is 2. The number of benzene rings is 1. The number of nitrogens with one attached hydrogen (secondary N) is 2. The van der Waals surface area contributed by atoms with E-state index < -0.39 is 4.92 Å². The molecule has 0 saturated carbocycles. The van der Waals surface area contributed by atoms with E-state index in [1.165, 1.54) is 22.3 Å². The van der Waals surface area contributed by atoms with E-state index in [9.17, 15) is 14.9 Å². The molecule has 2 aromatic rings. The Morgan fingerprint density at radius 2 is 2.24 bits per heavy atom. The molecule has 9 heteroatoms. The number of carbonyl (C=O) groups excluding carboxylic acids is 1. The lowest BCUT2D eigenvalue weighted by Crippen LogP contribution is -2.25. The highest BCUT2D eigenvalue weighted by Crippen LogP contribution is 2.28. The van der Waals surface area contributed by atoms with Gasteiger partial charge in [-0.15, -0.1) is 11.3 Å². The van der Waals surface area contributed by atoms with Gasteiger partial charge in [0, 0.05) is 43.4 Å². The van der Waals surface area contributed by atoms with Crippen LogP contribution in [0, 0.1) is 10.1 Å². The summed E-state index contributed by atoms with van der Waals surface area (Å²) in [7, 11) is 2.06. The third-order valence-electron chi connectivity index (χ3n) is 3.94. The van der Waals surface area contributed by atoms with E-state index in [4.69, 9.17) is 0 Å². The summed E-state index contributed by atoms with van der Waals surface area (Å²) in [5.41, 5.74) is 1.48. The standard InChI is InChI=1S/C16H19N5O3S/c1-20-9-7-12-14(10-20)25-16(18-12)19-15(22)6-8-17-11-4-2-3-5-13(11)21(23)24/h2-5,17H,6-10H2,1H3,(H,18,19,22). The van der Waals surface area contributed by atoms with Gasteiger partial charge < -0.3 is 15.5 Å². The fourth-order valence-electron chi connectivity index (χ4n) is 2.65. The van der Waals surface area contributed by atoms with E-state index in [0.717, 1.165) is 25.2 Å². The lowest BCUT2D eigenvalue weighted by Gasteiger charge is -2.20. The van der Waals surface area contributed by atoms with Crippen LogP contribution in [-0.4, -0.2) is 40.9 Å². The monoisotopic (exact) mass is 361 g/mol. The topological polar surface area (TPSA) is 100 Å². The van der Waals surface area contributed by atoms with Gasteiger partial charge in [-0.3, -0.25) is 14.9 Å². The Labute approximate surface area is 149 Å². The Morgan fingerprint density at radius 1 is 1.44 bits per heavy atom. The van der Waals surface area contributed by atoms with E-state index in [2.05, 4.69) is 27.6 Å². The minimum Gasteiger partial charge on any atom is -0.379 e. The lowest BCUT2D eigenvalue weighted by molar-refractivity contribution is -0.384. The SMILES string of the molecule is CN1CCc2nc(NC(=O)CCNc3ccccc3[N+](=O)[O-])sc2C1. The minimum atomic E-state index is -0.445. The summed E-state index contributed by atoms with van der Waals surface area (Å²) in [6.45, 7) is 2.15. The Hall–Kier alpha value is -2.52. The maximum absolute atomic E-state index is 12.1. The first kappa shape index (κ1) is 17.3. The van der Waals surface area contributed by atoms with E-state index in [0.29, 0.717) is 17.4 Å². The van der Waals surface area contributed by atoms with Crippen LogP contribution < -0.4 is 10.6 Å². The van der Waals surface area contributed by atoms with Crippen LogP contribution in [0.1, 0.15) is 17.0 Å². The molecule has 1 aromatic carbocycles. The molecular formula is C16H19N5O3S. The molecule has 132 valence electrons. The minimum absolute atomic E-state index is 0.000346. The second-order valence-corrected chi connectivity index (χ2v) is 6.96. The number of likely N-dealkylation sites (N-methyl/N-ethyl adjacent to an activating group) is 1. The first-order valence-electron chi connectivity index (χ1n) is 7.97. The second-order valence-electron chi connectivity index (χ2n) is 5.88. The van der Waals surface area contributed by atoms with E-state index in [-0.39, 0.29) is 18.0 Å². The van der Waals surface area contributed by atoms with Crippen LogP contribution in [0.15, 0.2) is 24.3 Å². The first-order chi connectivity index (χ1) is 12.0. The Kier molecular flexibility index (Phi) is 5.25. The maximum atomic E-state index is 12.1. The number of amides is 1. The average Bonchev–Trinajstić information content (AvgIpc) is 2.96. The number of fused-ring (bicyclic) bond motifs is 1. The molecule has 1 aliphatic rings. The van der Waals surface area contributed by atoms with Crippen molar-refractivity contribution in [3.8, 4) is 0 Å². The fraction of sp³-hybridized carbons (Fsp3) is 0.375. The summed E-state index contributed by atoms with van der Waals surface area (Å²) < 4.78 is 0. The number of nitrogens with zero attached hydrogens (tertiary/aromatic N) is 3. The zero-order valence-corrected chi connectivity index (χ0v) is 14.6. The highest BCUT2D eigenvalue weighted by Gasteiger charge is 2.19. The summed E-state index contributed by atoms with van der Waals surface area (Å²) >= 11 is 1.51. The molecule has 0 spiro atoms. The third kappa shape index (κ3) is 4.31. The second kappa shape index (κ2) is 7.58. The zero-order chi connectivity index (χ0) is 17.8. The molecule has 0 radical (unpaired) electrons. The quantitative estimate of drug-likeness (QED) is 0.606.